The van der Waals surface area contributed by atoms with Crippen LogP contribution in [0.2, 0.25) is 0 Å². The summed E-state index contributed by atoms with van der Waals surface area (Å²) in [5.74, 6) is 0.608. The predicted octanol–water partition coefficient (Wildman–Crippen LogP) is 3.38. The van der Waals surface area contributed by atoms with Crippen molar-refractivity contribution in [1.82, 2.24) is 20.0 Å². The molecule has 21 heavy (non-hydrogen) atoms. The molecule has 0 unspecified atom stereocenters. The van der Waals surface area contributed by atoms with Crippen LogP contribution in [0.4, 0.5) is 5.13 Å². The molecule has 0 fully saturated rings. The largest absolute Gasteiger partial charge is 0.356 e. The molecule has 1 N–H and O–H groups in total. The molecule has 0 saturated carbocycles. The highest BCUT2D eigenvalue weighted by molar-refractivity contribution is 7.15. The van der Waals surface area contributed by atoms with Crippen LogP contribution in [0.15, 0.2) is 6.20 Å². The summed E-state index contributed by atoms with van der Waals surface area (Å²) in [4.78, 5) is 0. The Kier molecular flexibility index (Phi) is 4.66. The first-order valence-electron chi connectivity index (χ1n) is 7.35. The van der Waals surface area contributed by atoms with Crippen molar-refractivity contribution < 1.29 is 0 Å². The molecule has 0 spiro atoms. The van der Waals surface area contributed by atoms with Gasteiger partial charge in [0.1, 0.15) is 5.01 Å². The summed E-state index contributed by atoms with van der Waals surface area (Å²) >= 11 is 1.64. The summed E-state index contributed by atoms with van der Waals surface area (Å²) in [5.41, 5.74) is 2.39. The first kappa shape index (κ1) is 15.9. The summed E-state index contributed by atoms with van der Waals surface area (Å²) in [6.45, 7) is 11.7. The minimum atomic E-state index is 0.0439. The van der Waals surface area contributed by atoms with Gasteiger partial charge < -0.3 is 5.32 Å². The standard InChI is InChI=1S/C15H25N5S/c1-10(2)7-12-17-18-14(21-12)16-8-11-9-20(6)19-13(11)15(3,4)5/h9-10H,7-8H2,1-6H3,(H,16,18). The van der Waals surface area contributed by atoms with E-state index >= 15 is 0 Å². The van der Waals surface area contributed by atoms with E-state index in [0.29, 0.717) is 5.92 Å². The lowest BCUT2D eigenvalue weighted by Gasteiger charge is -2.17. The first-order valence-corrected chi connectivity index (χ1v) is 8.16. The molecule has 2 rings (SSSR count). The molecule has 0 aliphatic rings. The normalized spacial score (nSPS) is 12.1. The topological polar surface area (TPSA) is 55.6 Å². The van der Waals surface area contributed by atoms with Gasteiger partial charge in [-0.15, -0.1) is 10.2 Å². The van der Waals surface area contributed by atoms with Gasteiger partial charge in [-0.3, -0.25) is 4.68 Å². The summed E-state index contributed by atoms with van der Waals surface area (Å²) in [6, 6.07) is 0. The Balaban J connectivity index is 2.05. The third-order valence-corrected chi connectivity index (χ3v) is 4.00. The second-order valence-electron chi connectivity index (χ2n) is 6.88. The van der Waals surface area contributed by atoms with Crippen molar-refractivity contribution in [2.24, 2.45) is 13.0 Å². The van der Waals surface area contributed by atoms with Crippen molar-refractivity contribution >= 4 is 16.5 Å². The molecule has 0 bridgehead atoms. The van der Waals surface area contributed by atoms with Crippen LogP contribution in [0.3, 0.4) is 0 Å². The van der Waals surface area contributed by atoms with Gasteiger partial charge in [0, 0.05) is 37.2 Å². The summed E-state index contributed by atoms with van der Waals surface area (Å²) in [5, 5.41) is 18.4. The molecular formula is C15H25N5S. The third-order valence-electron chi connectivity index (χ3n) is 3.09. The van der Waals surface area contributed by atoms with Crippen molar-refractivity contribution in [3.8, 4) is 0 Å². The number of aromatic nitrogens is 4. The van der Waals surface area contributed by atoms with E-state index in [2.05, 4.69) is 61.4 Å². The molecule has 6 heteroatoms. The molecule has 0 aromatic carbocycles. The fraction of sp³-hybridized carbons (Fsp3) is 0.667. The highest BCUT2D eigenvalue weighted by Crippen LogP contribution is 2.25. The predicted molar refractivity (Wildman–Crippen MR) is 87.7 cm³/mol. The van der Waals surface area contributed by atoms with Crippen molar-refractivity contribution in [2.45, 2.75) is 53.0 Å². The lowest BCUT2D eigenvalue weighted by Crippen LogP contribution is -2.16. The highest BCUT2D eigenvalue weighted by Gasteiger charge is 2.21. The molecule has 2 heterocycles. The van der Waals surface area contributed by atoms with Gasteiger partial charge in [-0.1, -0.05) is 46.0 Å². The summed E-state index contributed by atoms with van der Waals surface area (Å²) in [7, 11) is 1.96. The van der Waals surface area contributed by atoms with Gasteiger partial charge >= 0.3 is 0 Å². The summed E-state index contributed by atoms with van der Waals surface area (Å²) in [6.07, 6.45) is 3.06. The zero-order valence-corrected chi connectivity index (χ0v) is 14.6. The maximum Gasteiger partial charge on any atom is 0.205 e. The minimum Gasteiger partial charge on any atom is -0.356 e. The number of rotatable bonds is 5. The van der Waals surface area contributed by atoms with E-state index < -0.39 is 0 Å². The van der Waals surface area contributed by atoms with Gasteiger partial charge in [0.05, 0.1) is 5.69 Å². The Morgan fingerprint density at radius 2 is 2.00 bits per heavy atom. The van der Waals surface area contributed by atoms with Gasteiger partial charge in [-0.05, 0) is 5.92 Å². The molecule has 0 amide bonds. The van der Waals surface area contributed by atoms with E-state index in [4.69, 9.17) is 0 Å². The van der Waals surface area contributed by atoms with Gasteiger partial charge in [0.2, 0.25) is 5.13 Å². The maximum atomic E-state index is 4.58. The van der Waals surface area contributed by atoms with Crippen LogP contribution in [0.5, 0.6) is 0 Å². The molecule has 0 atom stereocenters. The van der Waals surface area contributed by atoms with E-state index in [1.807, 2.05) is 11.7 Å². The highest BCUT2D eigenvalue weighted by atomic mass is 32.1. The van der Waals surface area contributed by atoms with E-state index in [1.54, 1.807) is 11.3 Å². The fourth-order valence-corrected chi connectivity index (χ4v) is 3.17. The number of nitrogens with one attached hydrogen (secondary N) is 1. The smallest absolute Gasteiger partial charge is 0.205 e. The lowest BCUT2D eigenvalue weighted by atomic mass is 9.89. The molecular weight excluding hydrogens is 282 g/mol. The number of hydrogen-bond acceptors (Lipinski definition) is 5. The van der Waals surface area contributed by atoms with Crippen LogP contribution in [0.1, 0.15) is 50.9 Å². The Hall–Kier alpha value is -1.43. The zero-order chi connectivity index (χ0) is 15.6. The number of aryl methyl sites for hydroxylation is 1. The Bertz CT molecular complexity index is 591. The van der Waals surface area contributed by atoms with Crippen LogP contribution >= 0.6 is 11.3 Å². The Morgan fingerprint density at radius 1 is 1.29 bits per heavy atom. The van der Waals surface area contributed by atoms with Crippen molar-refractivity contribution in [2.75, 3.05) is 5.32 Å². The molecule has 0 aliphatic carbocycles. The monoisotopic (exact) mass is 307 g/mol. The van der Waals surface area contributed by atoms with Crippen molar-refractivity contribution in [3.05, 3.63) is 22.5 Å². The summed E-state index contributed by atoms with van der Waals surface area (Å²) < 4.78 is 1.88. The van der Waals surface area contributed by atoms with E-state index in [9.17, 15) is 0 Å². The van der Waals surface area contributed by atoms with Crippen LogP contribution in [-0.4, -0.2) is 20.0 Å². The molecule has 2 aromatic rings. The quantitative estimate of drug-likeness (QED) is 0.920. The Labute approximate surface area is 130 Å². The van der Waals surface area contributed by atoms with Crippen molar-refractivity contribution in [3.63, 3.8) is 0 Å². The molecule has 116 valence electrons. The number of hydrogen-bond donors (Lipinski definition) is 1. The maximum absolute atomic E-state index is 4.58. The average Bonchev–Trinajstić information content (AvgIpc) is 2.91. The SMILES string of the molecule is CC(C)Cc1nnc(NCc2cn(C)nc2C(C)(C)C)s1. The Morgan fingerprint density at radius 3 is 2.62 bits per heavy atom. The lowest BCUT2D eigenvalue weighted by molar-refractivity contribution is 0.549. The van der Waals surface area contributed by atoms with Crippen LogP contribution in [0, 0.1) is 5.92 Å². The fourth-order valence-electron chi connectivity index (χ4n) is 2.23. The van der Waals surface area contributed by atoms with Gasteiger partial charge in [0.15, 0.2) is 0 Å². The first-order chi connectivity index (χ1) is 9.75. The van der Waals surface area contributed by atoms with E-state index in [-0.39, 0.29) is 5.41 Å². The van der Waals surface area contributed by atoms with Gasteiger partial charge in [-0.2, -0.15) is 5.10 Å². The van der Waals surface area contributed by atoms with Crippen LogP contribution in [0.25, 0.3) is 0 Å². The molecule has 0 aliphatic heterocycles. The molecule has 5 nitrogen and oxygen atoms in total. The van der Waals surface area contributed by atoms with Crippen molar-refractivity contribution in [1.29, 1.82) is 0 Å². The zero-order valence-electron chi connectivity index (χ0n) is 13.8. The van der Waals surface area contributed by atoms with Crippen LogP contribution < -0.4 is 5.32 Å². The number of anilines is 1. The second-order valence-corrected chi connectivity index (χ2v) is 7.94. The molecule has 0 saturated heterocycles. The van der Waals surface area contributed by atoms with E-state index in [1.165, 1.54) is 5.56 Å². The third kappa shape index (κ3) is 4.27. The molecule has 0 radical (unpaired) electrons. The average molecular weight is 307 g/mol. The van der Waals surface area contributed by atoms with Gasteiger partial charge in [-0.25, -0.2) is 0 Å². The van der Waals surface area contributed by atoms with Crippen LogP contribution in [-0.2, 0) is 25.4 Å². The molecule has 2 aromatic heterocycles. The van der Waals surface area contributed by atoms with Gasteiger partial charge in [0.25, 0.3) is 0 Å². The second kappa shape index (κ2) is 6.13. The minimum absolute atomic E-state index is 0.0439. The van der Waals surface area contributed by atoms with E-state index in [0.717, 1.165) is 28.8 Å². The number of nitrogens with zero attached hydrogens (tertiary/aromatic N) is 4.